The Morgan fingerprint density at radius 1 is 1.14 bits per heavy atom. The number of nitrogens with zero attached hydrogens (tertiary/aromatic N) is 2. The van der Waals surface area contributed by atoms with E-state index in [1.165, 1.54) is 6.42 Å². The van der Waals surface area contributed by atoms with Crippen LogP contribution in [0.1, 0.15) is 29.8 Å². The molecule has 1 aromatic carbocycles. The zero-order valence-corrected chi connectivity index (χ0v) is 13.0. The maximum atomic E-state index is 12.5. The number of rotatable bonds is 3. The number of carbonyl (C=O) groups excluding carboxylic acids is 1. The van der Waals surface area contributed by atoms with Crippen LogP contribution in [0, 0.1) is 0 Å². The molecule has 0 bridgehead atoms. The van der Waals surface area contributed by atoms with E-state index in [1.807, 2.05) is 35.2 Å². The first-order valence-corrected chi connectivity index (χ1v) is 7.89. The van der Waals surface area contributed by atoms with Gasteiger partial charge < -0.3 is 10.2 Å². The van der Waals surface area contributed by atoms with Crippen LogP contribution < -0.4 is 5.32 Å². The third kappa shape index (κ3) is 3.39. The number of hydrogen-bond acceptors (Lipinski definition) is 3. The Morgan fingerprint density at radius 2 is 1.91 bits per heavy atom. The van der Waals surface area contributed by atoms with Crippen LogP contribution in [0.15, 0.2) is 42.6 Å². The van der Waals surface area contributed by atoms with Crippen molar-refractivity contribution in [1.82, 2.24) is 9.88 Å². The molecule has 1 amide bonds. The van der Waals surface area contributed by atoms with Gasteiger partial charge in [0.1, 0.15) is 5.69 Å². The van der Waals surface area contributed by atoms with Gasteiger partial charge in [-0.3, -0.25) is 9.78 Å². The molecule has 0 spiro atoms. The molecule has 0 saturated carbocycles. The normalized spacial score (nSPS) is 14.7. The molecule has 1 fully saturated rings. The van der Waals surface area contributed by atoms with Crippen molar-refractivity contribution in [1.29, 1.82) is 0 Å². The lowest BCUT2D eigenvalue weighted by Crippen LogP contribution is -2.36. The van der Waals surface area contributed by atoms with Crippen molar-refractivity contribution in [3.05, 3.63) is 53.3 Å². The molecule has 0 aliphatic carbocycles. The van der Waals surface area contributed by atoms with Gasteiger partial charge in [-0.25, -0.2) is 0 Å². The number of likely N-dealkylation sites (tertiary alicyclic amines) is 1. The minimum atomic E-state index is 0.00232. The fourth-order valence-corrected chi connectivity index (χ4v) is 2.79. The van der Waals surface area contributed by atoms with Gasteiger partial charge in [-0.1, -0.05) is 23.7 Å². The molecule has 22 heavy (non-hydrogen) atoms. The number of anilines is 2. The first kappa shape index (κ1) is 14.9. The molecule has 0 unspecified atom stereocenters. The summed E-state index contributed by atoms with van der Waals surface area (Å²) in [5.41, 5.74) is 2.09. The molecule has 1 aliphatic rings. The number of amides is 1. The van der Waals surface area contributed by atoms with Gasteiger partial charge in [0.05, 0.1) is 10.7 Å². The summed E-state index contributed by atoms with van der Waals surface area (Å²) in [6.07, 6.45) is 4.99. The lowest BCUT2D eigenvalue weighted by molar-refractivity contribution is 0.0718. The van der Waals surface area contributed by atoms with Gasteiger partial charge in [-0.15, -0.1) is 0 Å². The van der Waals surface area contributed by atoms with Crippen LogP contribution in [-0.4, -0.2) is 28.9 Å². The largest absolute Gasteiger partial charge is 0.354 e. The van der Waals surface area contributed by atoms with Crippen molar-refractivity contribution in [2.24, 2.45) is 0 Å². The third-order valence-corrected chi connectivity index (χ3v) is 4.10. The van der Waals surface area contributed by atoms with Gasteiger partial charge in [-0.05, 0) is 43.5 Å². The monoisotopic (exact) mass is 315 g/mol. The van der Waals surface area contributed by atoms with Crippen LogP contribution >= 0.6 is 11.6 Å². The number of halogens is 1. The van der Waals surface area contributed by atoms with E-state index in [-0.39, 0.29) is 5.91 Å². The first-order valence-electron chi connectivity index (χ1n) is 7.51. The minimum Gasteiger partial charge on any atom is -0.354 e. The molecule has 0 radical (unpaired) electrons. The Balaban J connectivity index is 1.77. The van der Waals surface area contributed by atoms with Crippen molar-refractivity contribution in [2.75, 3.05) is 18.4 Å². The van der Waals surface area contributed by atoms with Crippen molar-refractivity contribution in [2.45, 2.75) is 19.3 Å². The van der Waals surface area contributed by atoms with E-state index in [4.69, 9.17) is 11.6 Å². The molecule has 2 aromatic rings. The van der Waals surface area contributed by atoms with Crippen LogP contribution in [0.2, 0.25) is 5.02 Å². The second-order valence-electron chi connectivity index (χ2n) is 5.39. The van der Waals surface area contributed by atoms with Crippen molar-refractivity contribution < 1.29 is 4.79 Å². The topological polar surface area (TPSA) is 45.2 Å². The van der Waals surface area contributed by atoms with Crippen molar-refractivity contribution >= 4 is 28.9 Å². The molecular weight excluding hydrogens is 298 g/mol. The predicted octanol–water partition coefficient (Wildman–Crippen LogP) is 4.10. The van der Waals surface area contributed by atoms with Gasteiger partial charge in [0.15, 0.2) is 0 Å². The van der Waals surface area contributed by atoms with E-state index in [2.05, 4.69) is 10.3 Å². The number of benzene rings is 1. The molecule has 3 rings (SSSR count). The number of piperidine rings is 1. The lowest BCUT2D eigenvalue weighted by Gasteiger charge is -2.26. The second kappa shape index (κ2) is 6.79. The van der Waals surface area contributed by atoms with E-state index < -0.39 is 0 Å². The van der Waals surface area contributed by atoms with Gasteiger partial charge in [-0.2, -0.15) is 0 Å². The molecule has 0 atom stereocenters. The number of pyridine rings is 1. The molecule has 114 valence electrons. The standard InChI is InChI=1S/C17H18ClN3O/c18-14-6-2-3-7-15(14)20-13-8-9-19-16(12-13)17(22)21-10-4-1-5-11-21/h2-3,6-9,12H,1,4-5,10-11H2,(H,19,20). The Hall–Kier alpha value is -2.07. The highest BCUT2D eigenvalue weighted by Crippen LogP contribution is 2.25. The summed E-state index contributed by atoms with van der Waals surface area (Å²) in [6.45, 7) is 1.64. The van der Waals surface area contributed by atoms with Gasteiger partial charge in [0, 0.05) is 25.0 Å². The number of para-hydroxylation sites is 1. The minimum absolute atomic E-state index is 0.00232. The first-order chi connectivity index (χ1) is 10.7. The fraction of sp³-hybridized carbons (Fsp3) is 0.294. The van der Waals surface area contributed by atoms with E-state index in [9.17, 15) is 4.79 Å². The van der Waals surface area contributed by atoms with Gasteiger partial charge >= 0.3 is 0 Å². The number of carbonyl (C=O) groups is 1. The zero-order valence-electron chi connectivity index (χ0n) is 12.3. The Labute approximate surface area is 135 Å². The van der Waals surface area contributed by atoms with Crippen molar-refractivity contribution in [3.63, 3.8) is 0 Å². The average Bonchev–Trinajstić information content (AvgIpc) is 2.57. The highest BCUT2D eigenvalue weighted by Gasteiger charge is 2.19. The Kier molecular flexibility index (Phi) is 4.59. The van der Waals surface area contributed by atoms with E-state index in [0.29, 0.717) is 10.7 Å². The molecule has 1 aliphatic heterocycles. The number of hydrogen-bond donors (Lipinski definition) is 1. The van der Waals surface area contributed by atoms with Crippen LogP contribution in [-0.2, 0) is 0 Å². The Morgan fingerprint density at radius 3 is 2.68 bits per heavy atom. The molecule has 5 heteroatoms. The molecule has 1 N–H and O–H groups in total. The summed E-state index contributed by atoms with van der Waals surface area (Å²) < 4.78 is 0. The maximum Gasteiger partial charge on any atom is 0.272 e. The Bertz CT molecular complexity index is 668. The smallest absolute Gasteiger partial charge is 0.272 e. The molecule has 4 nitrogen and oxygen atoms in total. The summed E-state index contributed by atoms with van der Waals surface area (Å²) in [6, 6.07) is 11.1. The zero-order chi connectivity index (χ0) is 15.4. The van der Waals surface area contributed by atoms with E-state index in [0.717, 1.165) is 37.3 Å². The van der Waals surface area contributed by atoms with Crippen LogP contribution in [0.5, 0.6) is 0 Å². The van der Waals surface area contributed by atoms with Gasteiger partial charge in [0.2, 0.25) is 0 Å². The fourth-order valence-electron chi connectivity index (χ4n) is 2.60. The van der Waals surface area contributed by atoms with Crippen LogP contribution in [0.4, 0.5) is 11.4 Å². The van der Waals surface area contributed by atoms with Crippen LogP contribution in [0.3, 0.4) is 0 Å². The quantitative estimate of drug-likeness (QED) is 0.927. The third-order valence-electron chi connectivity index (χ3n) is 3.78. The summed E-state index contributed by atoms with van der Waals surface area (Å²) >= 11 is 6.14. The summed E-state index contributed by atoms with van der Waals surface area (Å²) in [5, 5.41) is 3.87. The maximum absolute atomic E-state index is 12.5. The number of nitrogens with one attached hydrogen (secondary N) is 1. The highest BCUT2D eigenvalue weighted by atomic mass is 35.5. The molecule has 2 heterocycles. The van der Waals surface area contributed by atoms with Crippen molar-refractivity contribution in [3.8, 4) is 0 Å². The number of aromatic nitrogens is 1. The summed E-state index contributed by atoms with van der Waals surface area (Å²) in [7, 11) is 0. The summed E-state index contributed by atoms with van der Waals surface area (Å²) in [4.78, 5) is 18.6. The van der Waals surface area contributed by atoms with Gasteiger partial charge in [0.25, 0.3) is 5.91 Å². The second-order valence-corrected chi connectivity index (χ2v) is 5.79. The SMILES string of the molecule is O=C(c1cc(Nc2ccccc2Cl)ccn1)N1CCCCC1. The molecular formula is C17H18ClN3O. The van der Waals surface area contributed by atoms with Crippen LogP contribution in [0.25, 0.3) is 0 Å². The molecule has 1 aromatic heterocycles. The highest BCUT2D eigenvalue weighted by molar-refractivity contribution is 6.33. The lowest BCUT2D eigenvalue weighted by atomic mass is 10.1. The summed E-state index contributed by atoms with van der Waals surface area (Å²) in [5.74, 6) is 0.00232. The van der Waals surface area contributed by atoms with E-state index >= 15 is 0 Å². The average molecular weight is 316 g/mol. The predicted molar refractivity (Wildman–Crippen MR) is 88.7 cm³/mol. The molecule has 1 saturated heterocycles. The van der Waals surface area contributed by atoms with E-state index in [1.54, 1.807) is 12.3 Å².